The molecule has 6 rings (SSSR count). The maximum absolute atomic E-state index is 12.9. The van der Waals surface area contributed by atoms with Gasteiger partial charge in [-0.2, -0.15) is 23.5 Å². The first-order valence-electron chi connectivity index (χ1n) is 13.2. The number of nitrogens with one attached hydrogen (secondary N) is 2. The average molecular weight is 565 g/mol. The first-order chi connectivity index (χ1) is 19.7. The van der Waals surface area contributed by atoms with E-state index >= 15 is 0 Å². The van der Waals surface area contributed by atoms with E-state index in [1.807, 2.05) is 23.1 Å². The van der Waals surface area contributed by atoms with Crippen molar-refractivity contribution in [2.45, 2.75) is 43.9 Å². The zero-order valence-electron chi connectivity index (χ0n) is 22.2. The minimum Gasteiger partial charge on any atom is -0.346 e. The molecular weight excluding hydrogens is 537 g/mol. The number of alkyl halides is 3. The van der Waals surface area contributed by atoms with Crippen molar-refractivity contribution >= 4 is 22.8 Å². The number of carbonyl (C=O) groups excluding carboxylic acids is 1. The van der Waals surface area contributed by atoms with Crippen molar-refractivity contribution in [1.82, 2.24) is 39.5 Å². The van der Waals surface area contributed by atoms with Crippen molar-refractivity contribution in [3.63, 3.8) is 0 Å². The molecule has 2 fully saturated rings. The van der Waals surface area contributed by atoms with E-state index in [4.69, 9.17) is 0 Å². The Morgan fingerprint density at radius 1 is 1.22 bits per heavy atom. The van der Waals surface area contributed by atoms with Crippen molar-refractivity contribution in [3.8, 4) is 17.3 Å². The summed E-state index contributed by atoms with van der Waals surface area (Å²) in [6.45, 7) is 3.79. The van der Waals surface area contributed by atoms with Gasteiger partial charge in [0, 0.05) is 55.6 Å². The van der Waals surface area contributed by atoms with Crippen LogP contribution in [0.4, 0.5) is 23.7 Å². The summed E-state index contributed by atoms with van der Waals surface area (Å²) in [5.74, 6) is 0. The Kier molecular flexibility index (Phi) is 6.61. The lowest BCUT2D eigenvalue weighted by atomic mass is 9.84. The van der Waals surface area contributed by atoms with Crippen LogP contribution in [-0.4, -0.2) is 77.8 Å². The number of aryl methyl sites for hydroxylation is 1. The van der Waals surface area contributed by atoms with Crippen LogP contribution in [0.15, 0.2) is 43.1 Å². The van der Waals surface area contributed by atoms with Gasteiger partial charge in [0.05, 0.1) is 35.8 Å². The molecule has 0 aromatic carbocycles. The number of pyridine rings is 1. The van der Waals surface area contributed by atoms with Crippen LogP contribution in [0.3, 0.4) is 0 Å². The van der Waals surface area contributed by atoms with Gasteiger partial charge < -0.3 is 15.2 Å². The molecule has 2 N–H and O–H groups in total. The van der Waals surface area contributed by atoms with E-state index in [1.165, 1.54) is 19.3 Å². The van der Waals surface area contributed by atoms with Gasteiger partial charge in [-0.3, -0.25) is 9.58 Å². The van der Waals surface area contributed by atoms with E-state index in [2.05, 4.69) is 41.3 Å². The molecule has 0 unspecified atom stereocenters. The van der Waals surface area contributed by atoms with E-state index < -0.39 is 17.4 Å². The Labute approximate surface area is 233 Å². The second kappa shape index (κ2) is 10.2. The number of fused-ring (bicyclic) bond motifs is 1. The number of nitriles is 1. The van der Waals surface area contributed by atoms with Gasteiger partial charge in [0.15, 0.2) is 0 Å². The SMILES string of the molecule is Cc1nc(C(F)(F)F)ccc1NC(=O)N1CCC(N2CC(CC#N)(n3cc(-c4ncnc5[nH]ccc45)cn3)C2)CC1. The highest BCUT2D eigenvalue weighted by atomic mass is 19.4. The van der Waals surface area contributed by atoms with Crippen molar-refractivity contribution in [3.05, 3.63) is 54.5 Å². The van der Waals surface area contributed by atoms with Gasteiger partial charge in [0.1, 0.15) is 23.2 Å². The molecular formula is C27H27F3N10O. The third-order valence-electron chi connectivity index (χ3n) is 7.98. The van der Waals surface area contributed by atoms with Crippen LogP contribution in [0.2, 0.25) is 0 Å². The summed E-state index contributed by atoms with van der Waals surface area (Å²) in [7, 11) is 0. The molecule has 6 heterocycles. The molecule has 14 heteroatoms. The van der Waals surface area contributed by atoms with Crippen molar-refractivity contribution < 1.29 is 18.0 Å². The minimum atomic E-state index is -4.54. The number of rotatable bonds is 5. The van der Waals surface area contributed by atoms with Crippen LogP contribution in [0.5, 0.6) is 0 Å². The minimum absolute atomic E-state index is 0.108. The number of likely N-dealkylation sites (tertiary alicyclic amines) is 2. The van der Waals surface area contributed by atoms with Crippen molar-refractivity contribution in [2.75, 3.05) is 31.5 Å². The molecule has 4 aromatic heterocycles. The molecule has 0 atom stereocenters. The van der Waals surface area contributed by atoms with Gasteiger partial charge in [0.2, 0.25) is 0 Å². The number of urea groups is 1. The third-order valence-corrected chi connectivity index (χ3v) is 7.98. The highest BCUT2D eigenvalue weighted by Crippen LogP contribution is 2.37. The number of aromatic nitrogens is 6. The Bertz CT molecular complexity index is 1620. The summed E-state index contributed by atoms with van der Waals surface area (Å²) >= 11 is 0. The molecule has 11 nitrogen and oxygen atoms in total. The topological polar surface area (TPSA) is 132 Å². The van der Waals surface area contributed by atoms with E-state index in [1.54, 1.807) is 11.1 Å². The number of amides is 2. The number of carbonyl (C=O) groups is 1. The van der Waals surface area contributed by atoms with Crippen LogP contribution in [-0.2, 0) is 11.7 Å². The summed E-state index contributed by atoms with van der Waals surface area (Å²) < 4.78 is 40.6. The Morgan fingerprint density at radius 3 is 2.71 bits per heavy atom. The fraction of sp³-hybridized carbons (Fsp3) is 0.407. The quantitative estimate of drug-likeness (QED) is 0.372. The van der Waals surface area contributed by atoms with Gasteiger partial charge in [-0.25, -0.2) is 19.7 Å². The number of H-pyrrole nitrogens is 1. The molecule has 212 valence electrons. The third kappa shape index (κ3) is 4.97. The molecule has 0 radical (unpaired) electrons. The maximum Gasteiger partial charge on any atom is 0.433 e. The van der Waals surface area contributed by atoms with Crippen LogP contribution < -0.4 is 5.32 Å². The first kappa shape index (κ1) is 26.7. The first-order valence-corrected chi connectivity index (χ1v) is 13.2. The van der Waals surface area contributed by atoms with Crippen molar-refractivity contribution in [2.24, 2.45) is 0 Å². The summed E-state index contributed by atoms with van der Waals surface area (Å²) in [6, 6.07) is 6.23. The lowest BCUT2D eigenvalue weighted by Crippen LogP contribution is -2.66. The van der Waals surface area contributed by atoms with Crippen LogP contribution in [0, 0.1) is 18.3 Å². The smallest absolute Gasteiger partial charge is 0.346 e. The molecule has 2 saturated heterocycles. The van der Waals surface area contributed by atoms with Crippen molar-refractivity contribution in [1.29, 1.82) is 5.26 Å². The van der Waals surface area contributed by atoms with Gasteiger partial charge in [-0.15, -0.1) is 0 Å². The van der Waals surface area contributed by atoms with E-state index in [9.17, 15) is 23.2 Å². The summed E-state index contributed by atoms with van der Waals surface area (Å²) in [4.78, 5) is 32.2. The molecule has 41 heavy (non-hydrogen) atoms. The summed E-state index contributed by atoms with van der Waals surface area (Å²) in [5, 5.41) is 17.8. The van der Waals surface area contributed by atoms with Crippen LogP contribution in [0.1, 0.15) is 30.7 Å². The lowest BCUT2D eigenvalue weighted by Gasteiger charge is -2.53. The van der Waals surface area contributed by atoms with E-state index in [0.717, 1.165) is 41.2 Å². The predicted octanol–water partition coefficient (Wildman–Crippen LogP) is 4.16. The largest absolute Gasteiger partial charge is 0.433 e. The lowest BCUT2D eigenvalue weighted by molar-refractivity contribution is -0.141. The second-order valence-electron chi connectivity index (χ2n) is 10.6. The number of halogens is 3. The molecule has 4 aromatic rings. The molecule has 0 saturated carbocycles. The number of hydrogen-bond donors (Lipinski definition) is 2. The standard InChI is InChI=1S/C27H27F3N10O/c1-17-21(2-3-22(36-17)27(28,29)30)37-25(41)38-10-5-19(6-11-38)39-14-26(15-39,7-8-31)40-13-18(12-35-40)23-20-4-9-32-24(20)34-16-33-23/h2-4,9,12-13,16,19H,5-7,10-11,14-15H2,1H3,(H,37,41)(H,32,33,34). The van der Waals surface area contributed by atoms with E-state index in [0.29, 0.717) is 32.6 Å². The number of piperidine rings is 1. The van der Waals surface area contributed by atoms with E-state index in [-0.39, 0.29) is 23.5 Å². The van der Waals surface area contributed by atoms with Crippen LogP contribution >= 0.6 is 0 Å². The number of hydrogen-bond acceptors (Lipinski definition) is 7. The molecule has 0 aliphatic carbocycles. The number of nitrogens with zero attached hydrogens (tertiary/aromatic N) is 8. The molecule has 0 spiro atoms. The average Bonchev–Trinajstić information content (AvgIpc) is 3.61. The van der Waals surface area contributed by atoms with Gasteiger partial charge >= 0.3 is 12.2 Å². The van der Waals surface area contributed by atoms with Gasteiger partial charge in [0.25, 0.3) is 0 Å². The monoisotopic (exact) mass is 564 g/mol. The molecule has 2 aliphatic heterocycles. The summed E-state index contributed by atoms with van der Waals surface area (Å²) in [5.41, 5.74) is 1.30. The fourth-order valence-electron chi connectivity index (χ4n) is 5.74. The number of aromatic amines is 1. The summed E-state index contributed by atoms with van der Waals surface area (Å²) in [6.07, 6.45) is 4.30. The molecule has 0 bridgehead atoms. The highest BCUT2D eigenvalue weighted by molar-refractivity contribution is 5.90. The van der Waals surface area contributed by atoms with Crippen LogP contribution in [0.25, 0.3) is 22.3 Å². The highest BCUT2D eigenvalue weighted by Gasteiger charge is 2.48. The Morgan fingerprint density at radius 2 is 2.00 bits per heavy atom. The second-order valence-corrected chi connectivity index (χ2v) is 10.6. The zero-order chi connectivity index (χ0) is 28.8. The van der Waals surface area contributed by atoms with Gasteiger partial charge in [-0.05, 0) is 38.0 Å². The maximum atomic E-state index is 12.9. The van der Waals surface area contributed by atoms with Gasteiger partial charge in [-0.1, -0.05) is 0 Å². The normalized spacial score (nSPS) is 17.8. The molecule has 2 aliphatic rings. The molecule has 2 amide bonds. The predicted molar refractivity (Wildman–Crippen MR) is 142 cm³/mol. The Balaban J connectivity index is 1.07. The fourth-order valence-corrected chi connectivity index (χ4v) is 5.74. The zero-order valence-corrected chi connectivity index (χ0v) is 22.2. The number of anilines is 1. The Hall–Kier alpha value is -4.51.